The Balaban J connectivity index is 2.49. The fraction of sp³-hybridized carbons (Fsp3) is 0.833. The van der Waals surface area contributed by atoms with Crippen LogP contribution in [0.25, 0.3) is 0 Å². The van der Waals surface area contributed by atoms with Crippen LogP contribution < -0.4 is 5.32 Å². The molecule has 0 radical (unpaired) electrons. The molecule has 7 heteroatoms. The molecule has 1 rings (SSSR count). The van der Waals surface area contributed by atoms with Gasteiger partial charge in [0.15, 0.2) is 0 Å². The minimum absolute atomic E-state index is 0.193. The Labute approximate surface area is 74.4 Å². The predicted octanol–water partition coefficient (Wildman–Crippen LogP) is -0.0491. The third-order valence-electron chi connectivity index (χ3n) is 1.93. The van der Waals surface area contributed by atoms with Crippen molar-refractivity contribution in [3.63, 3.8) is 0 Å². The molecule has 4 nitrogen and oxygen atoms in total. The van der Waals surface area contributed by atoms with E-state index in [1.165, 1.54) is 0 Å². The molecule has 0 unspecified atom stereocenters. The van der Waals surface area contributed by atoms with E-state index in [1.807, 2.05) is 0 Å². The van der Waals surface area contributed by atoms with E-state index < -0.39 is 24.4 Å². The van der Waals surface area contributed by atoms with Crippen molar-refractivity contribution in [2.45, 2.75) is 18.1 Å². The van der Waals surface area contributed by atoms with Crippen LogP contribution in [0.5, 0.6) is 0 Å². The molecule has 0 aromatic rings. The standard InChI is InChI=1S/C6H9BF2N2O2/c8-2-6(9)1-4(11-3-6)5(12)13-7-10/h4,10-11H,1-3H2/t4-,6-/m0/s1. The van der Waals surface area contributed by atoms with E-state index in [0.717, 1.165) is 0 Å². The molecule has 1 heterocycles. The van der Waals surface area contributed by atoms with Gasteiger partial charge in [-0.2, -0.15) is 0 Å². The molecular formula is C6H9BF2N2O2. The number of nitrogens with one attached hydrogen (secondary N) is 2. The molecule has 2 atom stereocenters. The number of carbonyl (C=O) groups excluding carboxylic acids is 1. The van der Waals surface area contributed by atoms with Gasteiger partial charge in [0.05, 0.1) is 0 Å². The summed E-state index contributed by atoms with van der Waals surface area (Å²) in [7, 11) is 0.470. The van der Waals surface area contributed by atoms with Crippen LogP contribution in [0, 0.1) is 5.31 Å². The zero-order valence-corrected chi connectivity index (χ0v) is 6.85. The first-order valence-electron chi connectivity index (χ1n) is 3.79. The summed E-state index contributed by atoms with van der Waals surface area (Å²) < 4.78 is 29.5. The summed E-state index contributed by atoms with van der Waals surface area (Å²) >= 11 is 0. The van der Waals surface area contributed by atoms with E-state index in [1.54, 1.807) is 0 Å². The summed E-state index contributed by atoms with van der Waals surface area (Å²) in [5, 5.41) is 8.97. The van der Waals surface area contributed by atoms with E-state index >= 15 is 0 Å². The van der Waals surface area contributed by atoms with Crippen LogP contribution in [0.2, 0.25) is 0 Å². The molecule has 72 valence electrons. The number of hydrogen-bond donors (Lipinski definition) is 2. The number of halogens is 2. The van der Waals surface area contributed by atoms with Gasteiger partial charge >= 0.3 is 73.5 Å². The zero-order valence-electron chi connectivity index (χ0n) is 6.85. The van der Waals surface area contributed by atoms with Crippen LogP contribution in [0.4, 0.5) is 8.78 Å². The van der Waals surface area contributed by atoms with Crippen molar-refractivity contribution in [2.75, 3.05) is 13.2 Å². The number of carbonyl (C=O) groups is 1. The summed E-state index contributed by atoms with van der Waals surface area (Å²) in [5.41, 5.74) is -1.97. The molecule has 0 spiro atoms. The van der Waals surface area contributed by atoms with Gasteiger partial charge < -0.3 is 0 Å². The van der Waals surface area contributed by atoms with Crippen LogP contribution in [0.3, 0.4) is 0 Å². The van der Waals surface area contributed by atoms with Gasteiger partial charge in [0, 0.05) is 0 Å². The molecule has 0 saturated carbocycles. The second-order valence-corrected chi connectivity index (χ2v) is 2.98. The van der Waals surface area contributed by atoms with E-state index in [4.69, 9.17) is 5.31 Å². The number of rotatable bonds is 3. The molecule has 1 aliphatic rings. The Hall–Kier alpha value is -0.845. The predicted molar refractivity (Wildman–Crippen MR) is 40.8 cm³/mol. The second kappa shape index (κ2) is 3.91. The van der Waals surface area contributed by atoms with Crippen LogP contribution >= 0.6 is 0 Å². The van der Waals surface area contributed by atoms with Crippen molar-refractivity contribution in [3.8, 4) is 0 Å². The monoisotopic (exact) mass is 190 g/mol. The summed E-state index contributed by atoms with van der Waals surface area (Å²) in [4.78, 5) is 10.9. The molecule has 1 aliphatic heterocycles. The molecule has 0 bridgehead atoms. The van der Waals surface area contributed by atoms with Crippen molar-refractivity contribution in [1.29, 1.82) is 5.31 Å². The summed E-state index contributed by atoms with van der Waals surface area (Å²) in [5.74, 6) is -0.747. The van der Waals surface area contributed by atoms with Crippen LogP contribution in [-0.2, 0) is 9.45 Å². The van der Waals surface area contributed by atoms with Gasteiger partial charge in [0.1, 0.15) is 0 Å². The molecular weight excluding hydrogens is 181 g/mol. The van der Waals surface area contributed by atoms with Crippen molar-refractivity contribution < 1.29 is 18.2 Å². The zero-order chi connectivity index (χ0) is 9.90. The SMILES string of the molecule is N=BOC(=O)[C@@H]1C[C@](F)(CF)CN1. The fourth-order valence-corrected chi connectivity index (χ4v) is 1.22. The van der Waals surface area contributed by atoms with Gasteiger partial charge in [-0.25, -0.2) is 0 Å². The first kappa shape index (κ1) is 10.2. The van der Waals surface area contributed by atoms with Gasteiger partial charge in [-0.1, -0.05) is 0 Å². The van der Waals surface area contributed by atoms with E-state index in [0.29, 0.717) is 7.27 Å². The van der Waals surface area contributed by atoms with Gasteiger partial charge in [-0.05, 0) is 0 Å². The first-order valence-corrected chi connectivity index (χ1v) is 3.79. The molecule has 0 aromatic heterocycles. The van der Waals surface area contributed by atoms with Crippen LogP contribution in [0.15, 0.2) is 0 Å². The third-order valence-corrected chi connectivity index (χ3v) is 1.93. The van der Waals surface area contributed by atoms with E-state index in [2.05, 4.69) is 9.97 Å². The van der Waals surface area contributed by atoms with Crippen molar-refractivity contribution in [1.82, 2.24) is 5.32 Å². The Morgan fingerprint density at radius 1 is 1.85 bits per heavy atom. The van der Waals surface area contributed by atoms with Gasteiger partial charge in [0.25, 0.3) is 0 Å². The van der Waals surface area contributed by atoms with Crippen LogP contribution in [-0.4, -0.2) is 38.2 Å². The summed E-state index contributed by atoms with van der Waals surface area (Å²) in [6.07, 6.45) is -0.240. The van der Waals surface area contributed by atoms with Gasteiger partial charge in [-0.15, -0.1) is 0 Å². The quantitative estimate of drug-likeness (QED) is 0.613. The number of alkyl halides is 2. The maximum atomic E-state index is 13.2. The van der Waals surface area contributed by atoms with Crippen molar-refractivity contribution in [2.24, 2.45) is 0 Å². The molecule has 0 aromatic carbocycles. The molecule has 2 N–H and O–H groups in total. The fourth-order valence-electron chi connectivity index (χ4n) is 1.22. The molecule has 0 amide bonds. The number of hydrogen-bond acceptors (Lipinski definition) is 4. The van der Waals surface area contributed by atoms with Gasteiger partial charge in [0.2, 0.25) is 0 Å². The normalized spacial score (nSPS) is 32.6. The molecule has 0 aliphatic carbocycles. The van der Waals surface area contributed by atoms with Gasteiger partial charge in [-0.3, -0.25) is 0 Å². The second-order valence-electron chi connectivity index (χ2n) is 2.98. The van der Waals surface area contributed by atoms with Crippen molar-refractivity contribution >= 4 is 13.2 Å². The average molecular weight is 190 g/mol. The summed E-state index contributed by atoms with van der Waals surface area (Å²) in [6, 6.07) is -0.845. The van der Waals surface area contributed by atoms with E-state index in [-0.39, 0.29) is 13.0 Å². The Kier molecular flexibility index (Phi) is 3.08. The topological polar surface area (TPSA) is 62.2 Å². The maximum absolute atomic E-state index is 13.2. The Morgan fingerprint density at radius 3 is 3.00 bits per heavy atom. The average Bonchev–Trinajstić information content (AvgIpc) is 2.50. The van der Waals surface area contributed by atoms with E-state index in [9.17, 15) is 13.6 Å². The molecule has 1 fully saturated rings. The molecule has 1 saturated heterocycles. The Bertz CT molecular complexity index is 229. The first-order chi connectivity index (χ1) is 6.11. The third kappa shape index (κ3) is 2.30. The van der Waals surface area contributed by atoms with Crippen molar-refractivity contribution in [3.05, 3.63) is 0 Å². The Morgan fingerprint density at radius 2 is 2.54 bits per heavy atom. The minimum atomic E-state index is -1.97. The summed E-state index contributed by atoms with van der Waals surface area (Å²) in [6.45, 7) is -1.31. The van der Waals surface area contributed by atoms with Crippen LogP contribution in [0.1, 0.15) is 6.42 Å². The molecule has 13 heavy (non-hydrogen) atoms.